The number of aromatic nitrogens is 1. The highest BCUT2D eigenvalue weighted by molar-refractivity contribution is 7.08. The van der Waals surface area contributed by atoms with Gasteiger partial charge in [-0.25, -0.2) is 0 Å². The summed E-state index contributed by atoms with van der Waals surface area (Å²) in [5.41, 5.74) is 11.5. The van der Waals surface area contributed by atoms with Crippen LogP contribution in [0.15, 0.2) is 53.4 Å². The summed E-state index contributed by atoms with van der Waals surface area (Å²) in [6, 6.07) is 12.7. The Morgan fingerprint density at radius 3 is 2.23 bits per heavy atom. The zero-order chi connectivity index (χ0) is 25.4. The molecular formula is C28H36N4O2S. The number of benzene rings is 1. The second kappa shape index (κ2) is 12.1. The number of rotatable bonds is 5. The largest absolute Gasteiger partial charge is 0.354 e. The van der Waals surface area contributed by atoms with E-state index in [9.17, 15) is 9.59 Å². The molecule has 1 aliphatic rings. The lowest BCUT2D eigenvalue weighted by Gasteiger charge is -2.21. The molecule has 2 amide bonds. The first-order valence-electron chi connectivity index (χ1n) is 12.1. The van der Waals surface area contributed by atoms with Gasteiger partial charge in [0.2, 0.25) is 11.8 Å². The predicted molar refractivity (Wildman–Crippen MR) is 145 cm³/mol. The summed E-state index contributed by atoms with van der Waals surface area (Å²) in [6.45, 7) is 7.05. The molecule has 1 aliphatic carbocycles. The van der Waals surface area contributed by atoms with Crippen LogP contribution in [0.3, 0.4) is 0 Å². The van der Waals surface area contributed by atoms with Gasteiger partial charge in [-0.3, -0.25) is 14.6 Å². The van der Waals surface area contributed by atoms with E-state index in [1.54, 1.807) is 24.5 Å². The molecule has 1 saturated carbocycles. The Kier molecular flexibility index (Phi) is 9.18. The minimum atomic E-state index is -0.378. The second-order valence-electron chi connectivity index (χ2n) is 9.65. The Morgan fingerprint density at radius 1 is 1.00 bits per heavy atom. The van der Waals surface area contributed by atoms with Crippen molar-refractivity contribution in [3.63, 3.8) is 0 Å². The van der Waals surface area contributed by atoms with Gasteiger partial charge in [0, 0.05) is 36.6 Å². The second-order valence-corrected chi connectivity index (χ2v) is 10.4. The summed E-state index contributed by atoms with van der Waals surface area (Å²) in [5.74, 6) is 0.00671. The molecule has 0 radical (unpaired) electrons. The molecule has 7 heteroatoms. The van der Waals surface area contributed by atoms with Crippen LogP contribution in [-0.2, 0) is 15.1 Å². The van der Waals surface area contributed by atoms with Crippen molar-refractivity contribution in [2.45, 2.75) is 71.4 Å². The van der Waals surface area contributed by atoms with Crippen molar-refractivity contribution in [2.75, 3.05) is 5.32 Å². The van der Waals surface area contributed by atoms with E-state index < -0.39 is 0 Å². The molecule has 0 spiro atoms. The summed E-state index contributed by atoms with van der Waals surface area (Å²) in [5, 5.41) is 9.85. The van der Waals surface area contributed by atoms with Crippen LogP contribution in [0.4, 0.5) is 5.69 Å². The number of thiophene rings is 1. The number of anilines is 1. The molecule has 4 rings (SSSR count). The van der Waals surface area contributed by atoms with Gasteiger partial charge < -0.3 is 16.4 Å². The molecule has 0 saturated heterocycles. The molecule has 3 aromatic rings. The number of nitrogens with one attached hydrogen (secondary N) is 2. The monoisotopic (exact) mass is 492 g/mol. The first kappa shape index (κ1) is 26.6. The van der Waals surface area contributed by atoms with E-state index in [2.05, 4.69) is 27.1 Å². The topological polar surface area (TPSA) is 97.1 Å². The van der Waals surface area contributed by atoms with Gasteiger partial charge in [-0.2, -0.15) is 11.3 Å². The Labute approximate surface area is 212 Å². The highest BCUT2D eigenvalue weighted by Gasteiger charge is 2.16. The zero-order valence-corrected chi connectivity index (χ0v) is 21.9. The van der Waals surface area contributed by atoms with Crippen LogP contribution in [0.2, 0.25) is 0 Å². The number of nitrogens with two attached hydrogens (primary N) is 1. The van der Waals surface area contributed by atoms with Gasteiger partial charge in [0.1, 0.15) is 0 Å². The molecule has 1 fully saturated rings. The van der Waals surface area contributed by atoms with Crippen LogP contribution >= 0.6 is 11.3 Å². The third-order valence-corrected chi connectivity index (χ3v) is 6.64. The summed E-state index contributed by atoms with van der Waals surface area (Å²) in [6.07, 6.45) is 7.96. The highest BCUT2D eigenvalue weighted by Crippen LogP contribution is 2.34. The van der Waals surface area contributed by atoms with Crippen molar-refractivity contribution in [2.24, 2.45) is 5.73 Å². The normalized spacial score (nSPS) is 14.0. The lowest BCUT2D eigenvalue weighted by atomic mass is 9.93. The first-order valence-corrected chi connectivity index (χ1v) is 13.0. The van der Waals surface area contributed by atoms with Gasteiger partial charge >= 0.3 is 0 Å². The fourth-order valence-corrected chi connectivity index (χ4v) is 4.85. The van der Waals surface area contributed by atoms with Crippen molar-refractivity contribution >= 4 is 28.8 Å². The quantitative estimate of drug-likeness (QED) is 0.402. The molecule has 6 nitrogen and oxygen atoms in total. The Morgan fingerprint density at radius 2 is 1.69 bits per heavy atom. The average Bonchev–Trinajstić information content (AvgIpc) is 3.34. The van der Waals surface area contributed by atoms with Crippen molar-refractivity contribution in [3.8, 4) is 22.4 Å². The van der Waals surface area contributed by atoms with Gasteiger partial charge in [0.15, 0.2) is 0 Å². The lowest BCUT2D eigenvalue weighted by molar-refractivity contribution is -0.120. The standard InChI is InChI=1S/C20H21N3OS.C8H15NO/c1-13(24)23-17-10-18(15-8-9-25-12-15)19(22-11-17)14-4-6-16(7-5-14)20(2,3)21;1-7(10)9-8-5-3-2-4-6-8/h4-12H,21H2,1-3H3,(H,23,24);8H,2-6H2,1H3,(H,9,10). The summed E-state index contributed by atoms with van der Waals surface area (Å²) < 4.78 is 0. The van der Waals surface area contributed by atoms with Gasteiger partial charge in [-0.15, -0.1) is 0 Å². The molecule has 0 aliphatic heterocycles. The van der Waals surface area contributed by atoms with E-state index in [1.807, 2.05) is 49.6 Å². The van der Waals surface area contributed by atoms with E-state index >= 15 is 0 Å². The SMILES string of the molecule is CC(=O)NC1CCCCC1.CC(=O)Nc1cnc(-c2ccc(C(C)(C)N)cc2)c(-c2ccsc2)c1. The molecule has 0 unspecified atom stereocenters. The smallest absolute Gasteiger partial charge is 0.221 e. The summed E-state index contributed by atoms with van der Waals surface area (Å²) in [7, 11) is 0. The van der Waals surface area contributed by atoms with Crippen LogP contribution < -0.4 is 16.4 Å². The Balaban J connectivity index is 0.000000287. The van der Waals surface area contributed by atoms with Crippen LogP contribution in [0.5, 0.6) is 0 Å². The molecule has 1 aromatic carbocycles. The molecule has 0 bridgehead atoms. The fraction of sp³-hybridized carbons (Fsp3) is 0.393. The molecule has 4 N–H and O–H groups in total. The minimum absolute atomic E-state index is 0.111. The average molecular weight is 493 g/mol. The zero-order valence-electron chi connectivity index (χ0n) is 21.1. The van der Waals surface area contributed by atoms with E-state index in [-0.39, 0.29) is 17.4 Å². The molecule has 186 valence electrons. The third-order valence-electron chi connectivity index (χ3n) is 5.96. The van der Waals surface area contributed by atoms with E-state index in [0.717, 1.165) is 27.9 Å². The van der Waals surface area contributed by atoms with Crippen LogP contribution in [0.1, 0.15) is 65.4 Å². The molecular weight excluding hydrogens is 456 g/mol. The van der Waals surface area contributed by atoms with Crippen molar-refractivity contribution in [1.29, 1.82) is 0 Å². The van der Waals surface area contributed by atoms with Crippen LogP contribution in [0, 0.1) is 0 Å². The van der Waals surface area contributed by atoms with E-state index in [4.69, 9.17) is 5.73 Å². The van der Waals surface area contributed by atoms with Crippen molar-refractivity contribution < 1.29 is 9.59 Å². The summed E-state index contributed by atoms with van der Waals surface area (Å²) in [4.78, 5) is 26.6. The maximum Gasteiger partial charge on any atom is 0.221 e. The number of amides is 2. The Bertz CT molecular complexity index is 1110. The van der Waals surface area contributed by atoms with Gasteiger partial charge in [-0.1, -0.05) is 43.5 Å². The van der Waals surface area contributed by atoms with E-state index in [0.29, 0.717) is 11.7 Å². The third kappa shape index (κ3) is 8.01. The molecule has 2 aromatic heterocycles. The number of nitrogens with zero attached hydrogens (tertiary/aromatic N) is 1. The lowest BCUT2D eigenvalue weighted by Crippen LogP contribution is -2.34. The minimum Gasteiger partial charge on any atom is -0.354 e. The van der Waals surface area contributed by atoms with Crippen LogP contribution in [0.25, 0.3) is 22.4 Å². The fourth-order valence-electron chi connectivity index (χ4n) is 4.20. The van der Waals surface area contributed by atoms with Gasteiger partial charge in [0.05, 0.1) is 17.6 Å². The maximum absolute atomic E-state index is 11.3. The first-order chi connectivity index (χ1) is 16.6. The number of carbonyl (C=O) groups excluding carboxylic acids is 2. The summed E-state index contributed by atoms with van der Waals surface area (Å²) >= 11 is 1.63. The maximum atomic E-state index is 11.3. The van der Waals surface area contributed by atoms with Crippen molar-refractivity contribution in [1.82, 2.24) is 10.3 Å². The predicted octanol–water partition coefficient (Wildman–Crippen LogP) is 6.08. The molecule has 2 heterocycles. The number of hydrogen-bond donors (Lipinski definition) is 3. The van der Waals surface area contributed by atoms with Crippen molar-refractivity contribution in [3.05, 3.63) is 58.9 Å². The highest BCUT2D eigenvalue weighted by atomic mass is 32.1. The van der Waals surface area contributed by atoms with Crippen LogP contribution in [-0.4, -0.2) is 22.8 Å². The van der Waals surface area contributed by atoms with Gasteiger partial charge in [-0.05, 0) is 60.7 Å². The molecule has 35 heavy (non-hydrogen) atoms. The molecule has 0 atom stereocenters. The van der Waals surface area contributed by atoms with E-state index in [1.165, 1.54) is 39.0 Å². The number of pyridine rings is 1. The Hall–Kier alpha value is -3.03. The van der Waals surface area contributed by atoms with Gasteiger partial charge in [0.25, 0.3) is 0 Å². The number of carbonyl (C=O) groups is 2. The number of hydrogen-bond acceptors (Lipinski definition) is 5.